The Morgan fingerprint density at radius 2 is 2.23 bits per heavy atom. The lowest BCUT2D eigenvalue weighted by molar-refractivity contribution is -0.123. The van der Waals surface area contributed by atoms with Gasteiger partial charge in [-0.15, -0.1) is 0 Å². The average Bonchev–Trinajstić information content (AvgIpc) is 2.08. The van der Waals surface area contributed by atoms with Crippen LogP contribution in [0.15, 0.2) is 11.0 Å². The van der Waals surface area contributed by atoms with Crippen molar-refractivity contribution in [2.45, 2.75) is 6.23 Å². The molecule has 1 atom stereocenters. The number of aromatic amines is 1. The third kappa shape index (κ3) is 1.25. The molecule has 68 valence electrons. The molecule has 0 spiro atoms. The largest absolute Gasteiger partial charge is 0.365 e. The molecule has 7 nitrogen and oxygen atoms in total. The summed E-state index contributed by atoms with van der Waals surface area (Å²) < 4.78 is 0. The number of aromatic nitrogens is 2. The fourth-order valence-electron chi connectivity index (χ4n) is 1.01. The van der Waals surface area contributed by atoms with E-state index >= 15 is 0 Å². The average molecular weight is 182 g/mol. The van der Waals surface area contributed by atoms with Gasteiger partial charge < -0.3 is 15.7 Å². The molecule has 1 aliphatic rings. The molecule has 0 aliphatic carbocycles. The summed E-state index contributed by atoms with van der Waals surface area (Å²) in [5, 5.41) is 13.8. The Kier molecular flexibility index (Phi) is 1.52. The molecule has 0 bridgehead atoms. The van der Waals surface area contributed by atoms with Gasteiger partial charge in [0.05, 0.1) is 6.20 Å². The first-order chi connectivity index (χ1) is 6.16. The predicted molar refractivity (Wildman–Crippen MR) is 43.1 cm³/mol. The summed E-state index contributed by atoms with van der Waals surface area (Å²) in [6.45, 7) is 0. The van der Waals surface area contributed by atoms with Crippen LogP contribution in [0.4, 0.5) is 11.5 Å². The van der Waals surface area contributed by atoms with Gasteiger partial charge in [-0.05, 0) is 0 Å². The van der Waals surface area contributed by atoms with Gasteiger partial charge in [-0.2, -0.15) is 4.98 Å². The topological polar surface area (TPSA) is 107 Å². The first-order valence-electron chi connectivity index (χ1n) is 3.51. The molecule has 2 heterocycles. The molecule has 2 rings (SSSR count). The molecule has 0 saturated carbocycles. The number of carbonyl (C=O) groups excluding carboxylic acids is 1. The Labute approximate surface area is 71.8 Å². The van der Waals surface area contributed by atoms with Crippen LogP contribution in [0, 0.1) is 0 Å². The number of aliphatic hydroxyl groups excluding tert-OH is 1. The van der Waals surface area contributed by atoms with Crippen LogP contribution in [0.3, 0.4) is 0 Å². The standard InChI is InChI=1S/C6H6N4O3/c11-4-5(12)9-3-2(8-4)1-7-6(13)10-3/h1,5,12H,(H,8,11)(H2,7,9,10,13)/t5-/m0/s1. The summed E-state index contributed by atoms with van der Waals surface area (Å²) in [7, 11) is 0. The fourth-order valence-corrected chi connectivity index (χ4v) is 1.01. The van der Waals surface area contributed by atoms with Crippen molar-refractivity contribution < 1.29 is 9.90 Å². The molecular formula is C6H6N4O3. The molecular weight excluding hydrogens is 176 g/mol. The van der Waals surface area contributed by atoms with Crippen molar-refractivity contribution in [2.24, 2.45) is 0 Å². The van der Waals surface area contributed by atoms with Crippen LogP contribution in [0.1, 0.15) is 0 Å². The van der Waals surface area contributed by atoms with E-state index in [9.17, 15) is 9.59 Å². The molecule has 1 aromatic heterocycles. The zero-order valence-electron chi connectivity index (χ0n) is 6.37. The Bertz CT molecular complexity index is 413. The van der Waals surface area contributed by atoms with Crippen molar-refractivity contribution in [3.05, 3.63) is 16.7 Å². The molecule has 0 aromatic carbocycles. The summed E-state index contributed by atoms with van der Waals surface area (Å²) >= 11 is 0. The van der Waals surface area contributed by atoms with E-state index in [0.29, 0.717) is 5.69 Å². The normalized spacial score (nSPS) is 20.1. The number of aliphatic hydroxyl groups is 1. The Morgan fingerprint density at radius 3 is 3.00 bits per heavy atom. The number of hydrogen-bond donors (Lipinski definition) is 4. The monoisotopic (exact) mass is 182 g/mol. The Balaban J connectivity index is 2.48. The Morgan fingerprint density at radius 1 is 1.46 bits per heavy atom. The number of nitrogens with zero attached hydrogens (tertiary/aromatic N) is 1. The maximum Gasteiger partial charge on any atom is 0.346 e. The van der Waals surface area contributed by atoms with Crippen molar-refractivity contribution in [1.82, 2.24) is 9.97 Å². The minimum absolute atomic E-state index is 0.257. The number of carbonyl (C=O) groups is 1. The summed E-state index contributed by atoms with van der Waals surface area (Å²) in [4.78, 5) is 27.4. The number of fused-ring (bicyclic) bond motifs is 1. The number of rotatable bonds is 0. The van der Waals surface area contributed by atoms with Crippen LogP contribution in [-0.2, 0) is 4.79 Å². The number of anilines is 2. The van der Waals surface area contributed by atoms with Gasteiger partial charge in [-0.3, -0.25) is 9.78 Å². The zero-order valence-corrected chi connectivity index (χ0v) is 6.37. The van der Waals surface area contributed by atoms with Crippen molar-refractivity contribution in [1.29, 1.82) is 0 Å². The zero-order chi connectivity index (χ0) is 9.42. The smallest absolute Gasteiger partial charge is 0.346 e. The number of amides is 1. The number of nitrogens with one attached hydrogen (secondary N) is 3. The van der Waals surface area contributed by atoms with Gasteiger partial charge in [0.1, 0.15) is 11.5 Å². The maximum absolute atomic E-state index is 10.9. The van der Waals surface area contributed by atoms with Crippen molar-refractivity contribution >= 4 is 17.4 Å². The third-order valence-corrected chi connectivity index (χ3v) is 1.60. The highest BCUT2D eigenvalue weighted by molar-refractivity contribution is 6.00. The van der Waals surface area contributed by atoms with Crippen LogP contribution >= 0.6 is 0 Å². The van der Waals surface area contributed by atoms with E-state index in [-0.39, 0.29) is 5.82 Å². The molecule has 1 aromatic rings. The van der Waals surface area contributed by atoms with Gasteiger partial charge in [0.25, 0.3) is 5.91 Å². The van der Waals surface area contributed by atoms with E-state index in [1.165, 1.54) is 6.20 Å². The van der Waals surface area contributed by atoms with E-state index in [4.69, 9.17) is 5.11 Å². The van der Waals surface area contributed by atoms with Crippen LogP contribution < -0.4 is 16.3 Å². The van der Waals surface area contributed by atoms with Gasteiger partial charge in [0, 0.05) is 0 Å². The van der Waals surface area contributed by atoms with Gasteiger partial charge in [-0.1, -0.05) is 0 Å². The van der Waals surface area contributed by atoms with E-state index in [0.717, 1.165) is 0 Å². The molecule has 7 heteroatoms. The van der Waals surface area contributed by atoms with Crippen molar-refractivity contribution in [2.75, 3.05) is 10.6 Å². The molecule has 0 radical (unpaired) electrons. The summed E-state index contributed by atoms with van der Waals surface area (Å²) in [6, 6.07) is 0. The third-order valence-electron chi connectivity index (χ3n) is 1.60. The van der Waals surface area contributed by atoms with E-state index < -0.39 is 17.8 Å². The summed E-state index contributed by atoms with van der Waals surface area (Å²) in [5.74, 6) is -0.326. The highest BCUT2D eigenvalue weighted by Crippen LogP contribution is 2.19. The van der Waals surface area contributed by atoms with Gasteiger partial charge in [-0.25, -0.2) is 4.79 Å². The van der Waals surface area contributed by atoms with Crippen molar-refractivity contribution in [3.63, 3.8) is 0 Å². The van der Waals surface area contributed by atoms with Crippen LogP contribution in [0.25, 0.3) is 0 Å². The minimum atomic E-state index is -1.34. The quantitative estimate of drug-likeness (QED) is 0.388. The predicted octanol–water partition coefficient (Wildman–Crippen LogP) is -1.55. The lowest BCUT2D eigenvalue weighted by Crippen LogP contribution is -2.39. The Hall–Kier alpha value is -1.89. The minimum Gasteiger partial charge on any atom is -0.365 e. The van der Waals surface area contributed by atoms with Gasteiger partial charge in [0.15, 0.2) is 0 Å². The lowest BCUT2D eigenvalue weighted by Gasteiger charge is -2.21. The van der Waals surface area contributed by atoms with Gasteiger partial charge >= 0.3 is 5.69 Å². The fraction of sp³-hybridized carbons (Fsp3) is 0.167. The molecule has 13 heavy (non-hydrogen) atoms. The van der Waals surface area contributed by atoms with Gasteiger partial charge in [0.2, 0.25) is 6.23 Å². The van der Waals surface area contributed by atoms with E-state index in [1.807, 2.05) is 0 Å². The number of hydrogen-bond acceptors (Lipinski definition) is 5. The highest BCUT2D eigenvalue weighted by Gasteiger charge is 2.23. The van der Waals surface area contributed by atoms with Crippen LogP contribution in [0.2, 0.25) is 0 Å². The van der Waals surface area contributed by atoms with Crippen LogP contribution in [0.5, 0.6) is 0 Å². The first kappa shape index (κ1) is 7.74. The second-order valence-corrected chi connectivity index (χ2v) is 2.51. The summed E-state index contributed by atoms with van der Waals surface area (Å²) in [6.07, 6.45) is -0.129. The lowest BCUT2D eigenvalue weighted by atomic mass is 10.3. The molecule has 1 amide bonds. The molecule has 0 fully saturated rings. The van der Waals surface area contributed by atoms with Crippen molar-refractivity contribution in [3.8, 4) is 0 Å². The summed E-state index contributed by atoms with van der Waals surface area (Å²) in [5.41, 5.74) is -0.204. The molecule has 4 N–H and O–H groups in total. The maximum atomic E-state index is 10.9. The molecule has 0 saturated heterocycles. The molecule has 1 aliphatic heterocycles. The second-order valence-electron chi connectivity index (χ2n) is 2.51. The molecule has 0 unspecified atom stereocenters. The SMILES string of the molecule is O=C1Nc2cnc(=O)[nH]c2N[C@H]1O. The highest BCUT2D eigenvalue weighted by atomic mass is 16.3. The first-order valence-corrected chi connectivity index (χ1v) is 3.51. The number of H-pyrrole nitrogens is 1. The second kappa shape index (κ2) is 2.56. The van der Waals surface area contributed by atoms with Crippen LogP contribution in [-0.4, -0.2) is 27.2 Å². The van der Waals surface area contributed by atoms with E-state index in [1.54, 1.807) is 0 Å². The van der Waals surface area contributed by atoms with E-state index in [2.05, 4.69) is 20.6 Å².